The highest BCUT2D eigenvalue weighted by molar-refractivity contribution is 5.74. The fourth-order valence-electron chi connectivity index (χ4n) is 3.02. The topological polar surface area (TPSA) is 68.2 Å². The first kappa shape index (κ1) is 16.8. The molecule has 1 aromatic rings. The Morgan fingerprint density at radius 1 is 1.50 bits per heavy atom. The quantitative estimate of drug-likeness (QED) is 0.791. The lowest BCUT2D eigenvalue weighted by molar-refractivity contribution is -0.177. The first-order chi connectivity index (χ1) is 10.3. The average Bonchev–Trinajstić information content (AvgIpc) is 2.88. The molecule has 6 heteroatoms. The zero-order valence-electron chi connectivity index (χ0n) is 14.3. The van der Waals surface area contributed by atoms with E-state index in [1.807, 2.05) is 13.1 Å². The van der Waals surface area contributed by atoms with Crippen LogP contribution in [0.4, 0.5) is 4.79 Å². The van der Waals surface area contributed by atoms with Crippen molar-refractivity contribution in [1.29, 1.82) is 0 Å². The van der Waals surface area contributed by atoms with E-state index in [1.165, 1.54) is 0 Å². The van der Waals surface area contributed by atoms with Crippen LogP contribution in [0.1, 0.15) is 39.4 Å². The third-order valence-corrected chi connectivity index (χ3v) is 5.37. The lowest BCUT2D eigenvalue weighted by Crippen LogP contribution is -2.69. The molecule has 1 saturated carbocycles. The molecule has 1 aliphatic carbocycles. The molecule has 0 spiro atoms. The van der Waals surface area contributed by atoms with Crippen molar-refractivity contribution in [1.82, 2.24) is 20.2 Å². The van der Waals surface area contributed by atoms with Crippen LogP contribution in [-0.2, 0) is 11.3 Å². The Hall–Kier alpha value is -1.56. The molecule has 2 rings (SSSR count). The van der Waals surface area contributed by atoms with Crippen LogP contribution in [0.2, 0.25) is 0 Å². The minimum atomic E-state index is -0.163. The highest BCUT2D eigenvalue weighted by atomic mass is 16.5. The highest BCUT2D eigenvalue weighted by Crippen LogP contribution is 2.51. The molecular formula is C16H28N4O2. The van der Waals surface area contributed by atoms with Crippen molar-refractivity contribution in [2.75, 3.05) is 13.7 Å². The number of hydrogen-bond donors (Lipinski definition) is 2. The summed E-state index contributed by atoms with van der Waals surface area (Å²) < 4.78 is 7.65. The van der Waals surface area contributed by atoms with Gasteiger partial charge in [-0.15, -0.1) is 0 Å². The highest BCUT2D eigenvalue weighted by Gasteiger charge is 2.58. The van der Waals surface area contributed by atoms with E-state index in [9.17, 15) is 4.79 Å². The molecule has 2 amide bonds. The predicted octanol–water partition coefficient (Wildman–Crippen LogP) is 2.08. The van der Waals surface area contributed by atoms with Crippen LogP contribution in [0.25, 0.3) is 0 Å². The smallest absolute Gasteiger partial charge is 0.315 e. The summed E-state index contributed by atoms with van der Waals surface area (Å²) in [5, 5.41) is 5.97. The third kappa shape index (κ3) is 3.11. The fraction of sp³-hybridized carbons (Fsp3) is 0.750. The van der Waals surface area contributed by atoms with Gasteiger partial charge in [0.15, 0.2) is 0 Å². The summed E-state index contributed by atoms with van der Waals surface area (Å²) in [6.45, 7) is 9.85. The molecule has 0 bridgehead atoms. The van der Waals surface area contributed by atoms with E-state index in [2.05, 4.69) is 41.0 Å². The van der Waals surface area contributed by atoms with Gasteiger partial charge in [-0.3, -0.25) is 0 Å². The average molecular weight is 308 g/mol. The Bertz CT molecular complexity index is 526. The van der Waals surface area contributed by atoms with Crippen LogP contribution in [0.3, 0.4) is 0 Å². The molecule has 0 unspecified atom stereocenters. The van der Waals surface area contributed by atoms with Crippen LogP contribution >= 0.6 is 0 Å². The standard InChI is InChI=1S/C16H28N4O2/c1-12-17-8-10-20(12)9-6-7-18-14(21)19-13-11-16(4,22-5)15(13,2)3/h8,10,13H,6-7,9,11H2,1-5H3,(H2,18,19,21)/t13-,16+/m1/s1. The second kappa shape index (κ2) is 6.28. The number of carbonyl (C=O) groups is 1. The number of amides is 2. The van der Waals surface area contributed by atoms with Gasteiger partial charge in [0.2, 0.25) is 0 Å². The molecule has 2 N–H and O–H groups in total. The van der Waals surface area contributed by atoms with E-state index in [0.29, 0.717) is 6.54 Å². The summed E-state index contributed by atoms with van der Waals surface area (Å²) in [6.07, 6.45) is 5.48. The molecule has 0 aliphatic heterocycles. The number of hydrogen-bond acceptors (Lipinski definition) is 3. The van der Waals surface area contributed by atoms with Crippen molar-refractivity contribution >= 4 is 6.03 Å². The molecule has 0 saturated heterocycles. The van der Waals surface area contributed by atoms with E-state index < -0.39 is 0 Å². The molecule has 6 nitrogen and oxygen atoms in total. The number of ether oxygens (including phenoxy) is 1. The van der Waals surface area contributed by atoms with Gasteiger partial charge in [-0.05, 0) is 26.7 Å². The van der Waals surface area contributed by atoms with Crippen molar-refractivity contribution in [3.63, 3.8) is 0 Å². The van der Waals surface area contributed by atoms with Gasteiger partial charge in [0.05, 0.1) is 5.60 Å². The fourth-order valence-corrected chi connectivity index (χ4v) is 3.02. The number of nitrogens with zero attached hydrogens (tertiary/aromatic N) is 2. The van der Waals surface area contributed by atoms with Gasteiger partial charge in [0.25, 0.3) is 0 Å². The number of aryl methyl sites for hydroxylation is 2. The largest absolute Gasteiger partial charge is 0.378 e. The second-order valence-electron chi connectivity index (χ2n) is 6.84. The molecule has 22 heavy (non-hydrogen) atoms. The molecule has 1 fully saturated rings. The van der Waals surface area contributed by atoms with Crippen LogP contribution < -0.4 is 10.6 Å². The molecule has 124 valence electrons. The van der Waals surface area contributed by atoms with Crippen LogP contribution in [0.5, 0.6) is 0 Å². The SMILES string of the molecule is CO[C@@]1(C)C[C@@H](NC(=O)NCCCn2ccnc2C)C1(C)C. The maximum absolute atomic E-state index is 12.0. The minimum Gasteiger partial charge on any atom is -0.378 e. The number of urea groups is 1. The van der Waals surface area contributed by atoms with Crippen molar-refractivity contribution < 1.29 is 9.53 Å². The molecule has 1 aliphatic rings. The molecule has 1 heterocycles. The Morgan fingerprint density at radius 3 is 2.77 bits per heavy atom. The molecule has 1 aromatic heterocycles. The number of aromatic nitrogens is 2. The van der Waals surface area contributed by atoms with Gasteiger partial charge in [-0.25, -0.2) is 9.78 Å². The van der Waals surface area contributed by atoms with E-state index >= 15 is 0 Å². The first-order valence-corrected chi connectivity index (χ1v) is 7.87. The van der Waals surface area contributed by atoms with E-state index in [-0.39, 0.29) is 23.1 Å². The van der Waals surface area contributed by atoms with Crippen molar-refractivity contribution in [2.24, 2.45) is 5.41 Å². The van der Waals surface area contributed by atoms with Gasteiger partial charge >= 0.3 is 6.03 Å². The van der Waals surface area contributed by atoms with Crippen LogP contribution in [-0.4, -0.2) is 40.9 Å². The Morgan fingerprint density at radius 2 is 2.23 bits per heavy atom. The van der Waals surface area contributed by atoms with Crippen LogP contribution in [0.15, 0.2) is 12.4 Å². The summed E-state index contributed by atoms with van der Waals surface area (Å²) in [6, 6.07) is 0.0481. The predicted molar refractivity (Wildman–Crippen MR) is 85.7 cm³/mol. The van der Waals surface area contributed by atoms with E-state index in [0.717, 1.165) is 25.2 Å². The van der Waals surface area contributed by atoms with Crippen molar-refractivity contribution in [2.45, 2.75) is 58.7 Å². The minimum absolute atomic E-state index is 0.0625. The Balaban J connectivity index is 1.68. The Labute approximate surface area is 132 Å². The van der Waals surface area contributed by atoms with E-state index in [4.69, 9.17) is 4.74 Å². The Kier molecular flexibility index (Phi) is 4.80. The normalized spacial score (nSPS) is 26.3. The summed E-state index contributed by atoms with van der Waals surface area (Å²) in [7, 11) is 1.73. The number of imidazole rings is 1. The zero-order chi connectivity index (χ0) is 16.4. The number of nitrogens with one attached hydrogen (secondary N) is 2. The maximum Gasteiger partial charge on any atom is 0.315 e. The van der Waals surface area contributed by atoms with Gasteiger partial charge < -0.3 is 19.9 Å². The molecule has 2 atom stereocenters. The zero-order valence-corrected chi connectivity index (χ0v) is 14.3. The lowest BCUT2D eigenvalue weighted by Gasteiger charge is -2.59. The van der Waals surface area contributed by atoms with Crippen molar-refractivity contribution in [3.05, 3.63) is 18.2 Å². The molecular weight excluding hydrogens is 280 g/mol. The van der Waals surface area contributed by atoms with Gasteiger partial charge in [-0.1, -0.05) is 13.8 Å². The van der Waals surface area contributed by atoms with E-state index in [1.54, 1.807) is 13.3 Å². The van der Waals surface area contributed by atoms with Crippen LogP contribution in [0, 0.1) is 12.3 Å². The third-order valence-electron chi connectivity index (χ3n) is 5.37. The number of carbonyl (C=O) groups excluding carboxylic acids is 1. The summed E-state index contributed by atoms with van der Waals surface area (Å²) in [5.41, 5.74) is -0.225. The van der Waals surface area contributed by atoms with Gasteiger partial charge in [0, 0.05) is 44.0 Å². The molecule has 0 radical (unpaired) electrons. The van der Waals surface area contributed by atoms with Gasteiger partial charge in [-0.2, -0.15) is 0 Å². The maximum atomic E-state index is 12.0. The summed E-state index contributed by atoms with van der Waals surface area (Å²) in [5.74, 6) is 1.000. The number of rotatable bonds is 6. The summed E-state index contributed by atoms with van der Waals surface area (Å²) >= 11 is 0. The van der Waals surface area contributed by atoms with Gasteiger partial charge in [0.1, 0.15) is 5.82 Å². The first-order valence-electron chi connectivity index (χ1n) is 7.87. The lowest BCUT2D eigenvalue weighted by atomic mass is 9.56. The second-order valence-corrected chi connectivity index (χ2v) is 6.84. The monoisotopic (exact) mass is 308 g/mol. The number of methoxy groups -OCH3 is 1. The summed E-state index contributed by atoms with van der Waals surface area (Å²) in [4.78, 5) is 16.2. The molecule has 0 aromatic carbocycles. The van der Waals surface area contributed by atoms with Crippen molar-refractivity contribution in [3.8, 4) is 0 Å².